The van der Waals surface area contributed by atoms with Gasteiger partial charge in [-0.05, 0) is 24.1 Å². The maximum atomic E-state index is 8.23. The zero-order valence-corrected chi connectivity index (χ0v) is 6.36. The Balaban J connectivity index is 2.91. The van der Waals surface area contributed by atoms with Gasteiger partial charge in [-0.2, -0.15) is 0 Å². The van der Waals surface area contributed by atoms with Crippen molar-refractivity contribution in [2.45, 2.75) is 13.3 Å². The van der Waals surface area contributed by atoms with Gasteiger partial charge in [-0.15, -0.1) is 0 Å². The third-order valence-electron chi connectivity index (χ3n) is 1.41. The van der Waals surface area contributed by atoms with Crippen molar-refractivity contribution >= 4 is 6.21 Å². The summed E-state index contributed by atoms with van der Waals surface area (Å²) in [5.41, 5.74) is 1.88. The van der Waals surface area contributed by atoms with Gasteiger partial charge in [-0.1, -0.05) is 12.1 Å². The van der Waals surface area contributed by atoms with Crippen molar-refractivity contribution in [1.29, 1.82) is 0 Å². The lowest BCUT2D eigenvalue weighted by atomic mass is 10.2. The van der Waals surface area contributed by atoms with Crippen molar-refractivity contribution in [3.63, 3.8) is 0 Å². The number of rotatable bonds is 2. The standard InChI is InChI=1S/C8H10N2O/c1-2-8-5-7(6-10-11)3-4-9-8/h3-6,11H,2H2,1H3/b10-6-. The fourth-order valence-corrected chi connectivity index (χ4v) is 0.837. The molecule has 1 rings (SSSR count). The second-order valence-electron chi connectivity index (χ2n) is 2.18. The maximum Gasteiger partial charge on any atom is 0.0735 e. The summed E-state index contributed by atoms with van der Waals surface area (Å²) in [6.45, 7) is 2.03. The molecule has 3 nitrogen and oxygen atoms in total. The van der Waals surface area contributed by atoms with Crippen LogP contribution in [0.4, 0.5) is 0 Å². The topological polar surface area (TPSA) is 45.5 Å². The van der Waals surface area contributed by atoms with Crippen LogP contribution in [0.2, 0.25) is 0 Å². The van der Waals surface area contributed by atoms with Gasteiger partial charge in [-0.3, -0.25) is 4.98 Å². The number of aryl methyl sites for hydroxylation is 1. The van der Waals surface area contributed by atoms with Crippen molar-refractivity contribution < 1.29 is 5.21 Å². The van der Waals surface area contributed by atoms with Crippen LogP contribution in [0.3, 0.4) is 0 Å². The van der Waals surface area contributed by atoms with E-state index >= 15 is 0 Å². The molecule has 0 aliphatic rings. The summed E-state index contributed by atoms with van der Waals surface area (Å²) >= 11 is 0. The lowest BCUT2D eigenvalue weighted by Gasteiger charge is -1.95. The summed E-state index contributed by atoms with van der Waals surface area (Å²) in [6.07, 6.45) is 3.99. The van der Waals surface area contributed by atoms with Gasteiger partial charge < -0.3 is 5.21 Å². The molecule has 1 N–H and O–H groups in total. The van der Waals surface area contributed by atoms with Crippen LogP contribution in [0.1, 0.15) is 18.2 Å². The highest BCUT2D eigenvalue weighted by Crippen LogP contribution is 1.99. The SMILES string of the molecule is CCc1cc(/C=N\O)ccn1. The van der Waals surface area contributed by atoms with Gasteiger partial charge in [0.25, 0.3) is 0 Å². The summed E-state index contributed by atoms with van der Waals surface area (Å²) in [5, 5.41) is 11.2. The van der Waals surface area contributed by atoms with Crippen molar-refractivity contribution in [2.24, 2.45) is 5.16 Å². The van der Waals surface area contributed by atoms with E-state index < -0.39 is 0 Å². The van der Waals surface area contributed by atoms with Gasteiger partial charge in [0, 0.05) is 11.9 Å². The van der Waals surface area contributed by atoms with Crippen LogP contribution in [-0.4, -0.2) is 16.4 Å². The molecule has 0 bridgehead atoms. The smallest absolute Gasteiger partial charge is 0.0735 e. The first-order valence-electron chi connectivity index (χ1n) is 3.49. The molecule has 0 aliphatic carbocycles. The third kappa shape index (κ3) is 2.04. The molecule has 0 atom stereocenters. The third-order valence-corrected chi connectivity index (χ3v) is 1.41. The Morgan fingerprint density at radius 2 is 2.55 bits per heavy atom. The molecule has 0 saturated heterocycles. The number of pyridine rings is 1. The van der Waals surface area contributed by atoms with Crippen LogP contribution < -0.4 is 0 Å². The Morgan fingerprint density at radius 1 is 1.73 bits per heavy atom. The first kappa shape index (κ1) is 7.72. The molecule has 0 spiro atoms. The van der Waals surface area contributed by atoms with Crippen LogP contribution in [0.5, 0.6) is 0 Å². The van der Waals surface area contributed by atoms with Crippen LogP contribution in [-0.2, 0) is 6.42 Å². The van der Waals surface area contributed by atoms with Crippen molar-refractivity contribution in [1.82, 2.24) is 4.98 Å². The molecule has 3 heteroatoms. The molecule has 1 heterocycles. The van der Waals surface area contributed by atoms with E-state index in [2.05, 4.69) is 10.1 Å². The second-order valence-corrected chi connectivity index (χ2v) is 2.18. The van der Waals surface area contributed by atoms with E-state index in [9.17, 15) is 0 Å². The molecule has 0 fully saturated rings. The molecular weight excluding hydrogens is 140 g/mol. The molecule has 0 aromatic carbocycles. The predicted octanol–water partition coefficient (Wildman–Crippen LogP) is 1.45. The average molecular weight is 150 g/mol. The van der Waals surface area contributed by atoms with E-state index in [0.29, 0.717) is 0 Å². The summed E-state index contributed by atoms with van der Waals surface area (Å²) < 4.78 is 0. The highest BCUT2D eigenvalue weighted by Gasteiger charge is 1.91. The van der Waals surface area contributed by atoms with E-state index in [0.717, 1.165) is 17.7 Å². The minimum atomic E-state index is 0.874. The van der Waals surface area contributed by atoms with E-state index in [1.165, 1.54) is 6.21 Å². The summed E-state index contributed by atoms with van der Waals surface area (Å²) in [7, 11) is 0. The summed E-state index contributed by atoms with van der Waals surface area (Å²) in [5.74, 6) is 0. The van der Waals surface area contributed by atoms with Gasteiger partial charge in [0.15, 0.2) is 0 Å². The normalized spacial score (nSPS) is 10.6. The van der Waals surface area contributed by atoms with Crippen LogP contribution >= 0.6 is 0 Å². The second kappa shape index (κ2) is 3.71. The van der Waals surface area contributed by atoms with Gasteiger partial charge in [0.05, 0.1) is 6.21 Å². The fraction of sp³-hybridized carbons (Fsp3) is 0.250. The monoisotopic (exact) mass is 150 g/mol. The molecule has 0 aliphatic heterocycles. The first-order valence-corrected chi connectivity index (χ1v) is 3.49. The van der Waals surface area contributed by atoms with Crippen molar-refractivity contribution in [2.75, 3.05) is 0 Å². The molecule has 1 aromatic rings. The minimum absolute atomic E-state index is 0.874. The Kier molecular flexibility index (Phi) is 2.60. The van der Waals surface area contributed by atoms with Gasteiger partial charge in [0.1, 0.15) is 0 Å². The highest BCUT2D eigenvalue weighted by molar-refractivity contribution is 5.78. The highest BCUT2D eigenvalue weighted by atomic mass is 16.4. The van der Waals surface area contributed by atoms with Crippen LogP contribution in [0, 0.1) is 0 Å². The minimum Gasteiger partial charge on any atom is -0.411 e. The van der Waals surface area contributed by atoms with E-state index in [1.807, 2.05) is 13.0 Å². The molecule has 11 heavy (non-hydrogen) atoms. The van der Waals surface area contributed by atoms with Gasteiger partial charge >= 0.3 is 0 Å². The predicted molar refractivity (Wildman–Crippen MR) is 43.0 cm³/mol. The molecular formula is C8H10N2O. The van der Waals surface area contributed by atoms with Crippen molar-refractivity contribution in [3.8, 4) is 0 Å². The Labute approximate surface area is 65.4 Å². The molecule has 0 saturated carbocycles. The lowest BCUT2D eigenvalue weighted by molar-refractivity contribution is 0.322. The van der Waals surface area contributed by atoms with Crippen LogP contribution in [0.15, 0.2) is 23.5 Å². The maximum absolute atomic E-state index is 8.23. The number of hydrogen-bond acceptors (Lipinski definition) is 3. The molecule has 0 unspecified atom stereocenters. The zero-order valence-electron chi connectivity index (χ0n) is 6.36. The Bertz CT molecular complexity index is 258. The molecule has 58 valence electrons. The molecule has 0 radical (unpaired) electrons. The quantitative estimate of drug-likeness (QED) is 0.394. The van der Waals surface area contributed by atoms with Gasteiger partial charge in [-0.25, -0.2) is 0 Å². The average Bonchev–Trinajstić information content (AvgIpc) is 2.06. The number of aromatic nitrogens is 1. The lowest BCUT2D eigenvalue weighted by Crippen LogP contribution is -1.88. The number of oxime groups is 1. The fourth-order valence-electron chi connectivity index (χ4n) is 0.837. The van der Waals surface area contributed by atoms with Crippen molar-refractivity contribution in [3.05, 3.63) is 29.6 Å². The summed E-state index contributed by atoms with van der Waals surface area (Å²) in [4.78, 5) is 4.10. The zero-order chi connectivity index (χ0) is 8.10. The largest absolute Gasteiger partial charge is 0.411 e. The van der Waals surface area contributed by atoms with Gasteiger partial charge in [0.2, 0.25) is 0 Å². The Morgan fingerprint density at radius 3 is 3.18 bits per heavy atom. The van der Waals surface area contributed by atoms with E-state index in [-0.39, 0.29) is 0 Å². The number of nitrogens with zero attached hydrogens (tertiary/aromatic N) is 2. The Hall–Kier alpha value is -1.38. The first-order chi connectivity index (χ1) is 5.36. The molecule has 1 aromatic heterocycles. The van der Waals surface area contributed by atoms with E-state index in [1.54, 1.807) is 12.3 Å². The number of hydrogen-bond donors (Lipinski definition) is 1. The summed E-state index contributed by atoms with van der Waals surface area (Å²) in [6, 6.07) is 3.68. The molecule has 0 amide bonds. The van der Waals surface area contributed by atoms with E-state index in [4.69, 9.17) is 5.21 Å². The van der Waals surface area contributed by atoms with Crippen LogP contribution in [0.25, 0.3) is 0 Å².